The van der Waals surface area contributed by atoms with Crippen molar-refractivity contribution >= 4 is 15.9 Å². The van der Waals surface area contributed by atoms with E-state index in [2.05, 4.69) is 50.4 Å². The molecule has 1 saturated heterocycles. The van der Waals surface area contributed by atoms with E-state index in [0.29, 0.717) is 30.4 Å². The lowest BCUT2D eigenvalue weighted by Gasteiger charge is -2.31. The van der Waals surface area contributed by atoms with Gasteiger partial charge in [0.2, 0.25) is 15.9 Å². The predicted octanol–water partition coefficient (Wildman–Crippen LogP) is 4.23. The van der Waals surface area contributed by atoms with Crippen molar-refractivity contribution in [2.45, 2.75) is 62.2 Å². The summed E-state index contributed by atoms with van der Waals surface area (Å²) in [6.45, 7) is 8.18. The zero-order valence-electron chi connectivity index (χ0n) is 19.3. The van der Waals surface area contributed by atoms with Crippen molar-refractivity contribution in [1.82, 2.24) is 9.62 Å². The van der Waals surface area contributed by atoms with Crippen LogP contribution in [-0.2, 0) is 25.6 Å². The average molecular weight is 455 g/mol. The van der Waals surface area contributed by atoms with E-state index in [1.54, 1.807) is 28.6 Å². The molecule has 2 aromatic rings. The maximum absolute atomic E-state index is 13.0. The van der Waals surface area contributed by atoms with Crippen LogP contribution < -0.4 is 5.32 Å². The Morgan fingerprint density at radius 3 is 2.12 bits per heavy atom. The number of hydrogen-bond donors (Lipinski definition) is 1. The number of sulfonamides is 1. The van der Waals surface area contributed by atoms with E-state index in [1.807, 2.05) is 6.07 Å². The summed E-state index contributed by atoms with van der Waals surface area (Å²) in [5, 5.41) is 3.18. The molecule has 1 heterocycles. The molecule has 1 amide bonds. The Morgan fingerprint density at radius 2 is 1.59 bits per heavy atom. The van der Waals surface area contributed by atoms with Crippen LogP contribution in [0.1, 0.15) is 57.6 Å². The average Bonchev–Trinajstić information content (AvgIpc) is 3.60. The highest BCUT2D eigenvalue weighted by Gasteiger charge is 2.51. The first-order chi connectivity index (χ1) is 15.1. The largest absolute Gasteiger partial charge is 0.355 e. The first-order valence-electron chi connectivity index (χ1n) is 11.6. The van der Waals surface area contributed by atoms with Crippen molar-refractivity contribution in [1.29, 1.82) is 0 Å². The number of benzene rings is 2. The molecule has 0 unspecified atom stereocenters. The second kappa shape index (κ2) is 8.64. The molecule has 0 radical (unpaired) electrons. The van der Waals surface area contributed by atoms with Crippen molar-refractivity contribution in [2.24, 2.45) is 5.92 Å². The standard InChI is InChI=1S/C26H34N2O3S/c1-25(2,3)21-9-11-22(12-10-21)26(15-16-26)24(29)27-19-20-13-17-28(18-14-20)32(30,31)23-7-5-4-6-8-23/h4-12,20H,13-19H2,1-3H3,(H,27,29). The van der Waals surface area contributed by atoms with E-state index in [9.17, 15) is 13.2 Å². The van der Waals surface area contributed by atoms with Gasteiger partial charge >= 0.3 is 0 Å². The van der Waals surface area contributed by atoms with Gasteiger partial charge < -0.3 is 5.32 Å². The van der Waals surface area contributed by atoms with Gasteiger partial charge in [-0.25, -0.2) is 8.42 Å². The first kappa shape index (κ1) is 23.0. The Balaban J connectivity index is 1.31. The lowest BCUT2D eigenvalue weighted by Crippen LogP contribution is -2.43. The Morgan fingerprint density at radius 1 is 1.00 bits per heavy atom. The van der Waals surface area contributed by atoms with Crippen LogP contribution in [0, 0.1) is 5.92 Å². The summed E-state index contributed by atoms with van der Waals surface area (Å²) in [6, 6.07) is 17.1. The first-order valence-corrected chi connectivity index (χ1v) is 13.0. The van der Waals surface area contributed by atoms with Crippen LogP contribution in [0.3, 0.4) is 0 Å². The number of hydrogen-bond acceptors (Lipinski definition) is 3. The number of piperidine rings is 1. The Hall–Kier alpha value is -2.18. The van der Waals surface area contributed by atoms with Crippen LogP contribution in [0.4, 0.5) is 0 Å². The highest BCUT2D eigenvalue weighted by Crippen LogP contribution is 2.48. The fourth-order valence-corrected chi connectivity index (χ4v) is 6.05. The molecule has 2 fully saturated rings. The molecule has 1 aliphatic heterocycles. The Kier molecular flexibility index (Phi) is 6.21. The lowest BCUT2D eigenvalue weighted by atomic mass is 9.85. The fourth-order valence-electron chi connectivity index (χ4n) is 4.56. The summed E-state index contributed by atoms with van der Waals surface area (Å²) >= 11 is 0. The smallest absolute Gasteiger partial charge is 0.243 e. The molecule has 2 aromatic carbocycles. The summed E-state index contributed by atoms with van der Waals surface area (Å²) in [7, 11) is -3.43. The van der Waals surface area contributed by atoms with Crippen LogP contribution in [0.5, 0.6) is 0 Å². The van der Waals surface area contributed by atoms with E-state index < -0.39 is 10.0 Å². The SMILES string of the molecule is CC(C)(C)c1ccc(C2(C(=O)NCC3CCN(S(=O)(=O)c4ccccc4)CC3)CC2)cc1. The summed E-state index contributed by atoms with van der Waals surface area (Å²) < 4.78 is 27.2. The molecule has 0 spiro atoms. The van der Waals surface area contributed by atoms with Gasteiger partial charge in [-0.1, -0.05) is 63.2 Å². The van der Waals surface area contributed by atoms with Gasteiger partial charge in [0.15, 0.2) is 0 Å². The van der Waals surface area contributed by atoms with Crippen molar-refractivity contribution < 1.29 is 13.2 Å². The highest BCUT2D eigenvalue weighted by molar-refractivity contribution is 7.89. The normalized spacial score (nSPS) is 19.5. The summed E-state index contributed by atoms with van der Waals surface area (Å²) in [6.07, 6.45) is 3.31. The lowest BCUT2D eigenvalue weighted by molar-refractivity contribution is -0.123. The number of carbonyl (C=O) groups excluding carboxylic acids is 1. The molecule has 4 rings (SSSR count). The fraction of sp³-hybridized carbons (Fsp3) is 0.500. The van der Waals surface area contributed by atoms with Gasteiger partial charge in [-0.15, -0.1) is 0 Å². The third-order valence-electron chi connectivity index (χ3n) is 6.99. The van der Waals surface area contributed by atoms with Crippen molar-refractivity contribution in [3.8, 4) is 0 Å². The van der Waals surface area contributed by atoms with Crippen LogP contribution >= 0.6 is 0 Å². The number of nitrogens with zero attached hydrogens (tertiary/aromatic N) is 1. The van der Waals surface area contributed by atoms with Gasteiger partial charge in [0.25, 0.3) is 0 Å². The molecule has 6 heteroatoms. The van der Waals surface area contributed by atoms with E-state index in [1.165, 1.54) is 5.56 Å². The quantitative estimate of drug-likeness (QED) is 0.710. The molecule has 1 N–H and O–H groups in total. The minimum atomic E-state index is -3.43. The summed E-state index contributed by atoms with van der Waals surface area (Å²) in [5.41, 5.74) is 2.09. The van der Waals surface area contributed by atoms with Crippen LogP contribution in [-0.4, -0.2) is 38.3 Å². The maximum atomic E-state index is 13.0. The summed E-state index contributed by atoms with van der Waals surface area (Å²) in [5.74, 6) is 0.417. The molecular weight excluding hydrogens is 420 g/mol. The zero-order valence-corrected chi connectivity index (χ0v) is 20.1. The third kappa shape index (κ3) is 4.62. The van der Waals surface area contributed by atoms with E-state index in [0.717, 1.165) is 31.2 Å². The molecule has 0 bridgehead atoms. The van der Waals surface area contributed by atoms with Crippen LogP contribution in [0.15, 0.2) is 59.5 Å². The number of carbonyl (C=O) groups is 1. The van der Waals surface area contributed by atoms with Gasteiger partial charge in [-0.2, -0.15) is 4.31 Å². The number of nitrogens with one attached hydrogen (secondary N) is 1. The summed E-state index contributed by atoms with van der Waals surface area (Å²) in [4.78, 5) is 13.4. The Bertz CT molecular complexity index is 1040. The molecule has 1 aliphatic carbocycles. The van der Waals surface area contributed by atoms with E-state index >= 15 is 0 Å². The Labute approximate surface area is 192 Å². The minimum Gasteiger partial charge on any atom is -0.355 e. The van der Waals surface area contributed by atoms with Gasteiger partial charge in [0.05, 0.1) is 10.3 Å². The highest BCUT2D eigenvalue weighted by atomic mass is 32.2. The van der Waals surface area contributed by atoms with Crippen molar-refractivity contribution in [3.05, 3.63) is 65.7 Å². The van der Waals surface area contributed by atoms with Gasteiger partial charge in [0, 0.05) is 19.6 Å². The number of amides is 1. The second-order valence-electron chi connectivity index (χ2n) is 10.3. The topological polar surface area (TPSA) is 66.5 Å². The number of rotatable bonds is 6. The van der Waals surface area contributed by atoms with E-state index in [-0.39, 0.29) is 16.7 Å². The molecular formula is C26H34N2O3S. The molecule has 2 aliphatic rings. The molecule has 32 heavy (non-hydrogen) atoms. The minimum absolute atomic E-state index is 0.0976. The van der Waals surface area contributed by atoms with Crippen LogP contribution in [0.25, 0.3) is 0 Å². The maximum Gasteiger partial charge on any atom is 0.243 e. The van der Waals surface area contributed by atoms with Gasteiger partial charge in [-0.3, -0.25) is 4.79 Å². The molecule has 5 nitrogen and oxygen atoms in total. The third-order valence-corrected chi connectivity index (χ3v) is 8.91. The second-order valence-corrected chi connectivity index (χ2v) is 12.2. The zero-order chi connectivity index (χ0) is 23.0. The predicted molar refractivity (Wildman–Crippen MR) is 127 cm³/mol. The van der Waals surface area contributed by atoms with Crippen LogP contribution in [0.2, 0.25) is 0 Å². The van der Waals surface area contributed by atoms with E-state index in [4.69, 9.17) is 0 Å². The molecule has 1 saturated carbocycles. The van der Waals surface area contributed by atoms with Crippen molar-refractivity contribution in [3.63, 3.8) is 0 Å². The van der Waals surface area contributed by atoms with Crippen molar-refractivity contribution in [2.75, 3.05) is 19.6 Å². The molecule has 172 valence electrons. The molecule has 0 atom stereocenters. The van der Waals surface area contributed by atoms with Gasteiger partial charge in [-0.05, 0) is 60.3 Å². The molecule has 0 aromatic heterocycles. The monoisotopic (exact) mass is 454 g/mol. The van der Waals surface area contributed by atoms with Gasteiger partial charge in [0.1, 0.15) is 0 Å².